The highest BCUT2D eigenvalue weighted by Crippen LogP contribution is 2.08. The quantitative estimate of drug-likeness (QED) is 0.722. The molecule has 0 spiro atoms. The molecular formula is C12H11N5O. The van der Waals surface area contributed by atoms with Crippen molar-refractivity contribution in [2.75, 3.05) is 0 Å². The van der Waals surface area contributed by atoms with Gasteiger partial charge in [0.05, 0.1) is 12.9 Å². The Bertz CT molecular complexity index is 758. The van der Waals surface area contributed by atoms with Crippen molar-refractivity contribution in [3.63, 3.8) is 0 Å². The molecule has 6 heteroatoms. The van der Waals surface area contributed by atoms with Gasteiger partial charge in [0.15, 0.2) is 11.2 Å². The highest BCUT2D eigenvalue weighted by atomic mass is 16.1. The molecular weight excluding hydrogens is 230 g/mol. The number of H-pyrrole nitrogens is 1. The molecule has 18 heavy (non-hydrogen) atoms. The van der Waals surface area contributed by atoms with Crippen molar-refractivity contribution in [3.8, 4) is 0 Å². The Labute approximate surface area is 102 Å². The van der Waals surface area contributed by atoms with E-state index in [0.29, 0.717) is 12.2 Å². The van der Waals surface area contributed by atoms with Gasteiger partial charge in [-0.15, -0.1) is 5.10 Å². The Kier molecular flexibility index (Phi) is 2.40. The number of nitrogens with zero attached hydrogens (tertiary/aromatic N) is 4. The predicted molar refractivity (Wildman–Crippen MR) is 66.2 cm³/mol. The minimum absolute atomic E-state index is 0.268. The lowest BCUT2D eigenvalue weighted by Crippen LogP contribution is -2.08. The maximum atomic E-state index is 11.5. The first kappa shape index (κ1) is 10.6. The molecule has 1 aromatic carbocycles. The van der Waals surface area contributed by atoms with Crippen LogP contribution in [0.15, 0.2) is 35.4 Å². The lowest BCUT2D eigenvalue weighted by Gasteiger charge is -2.02. The molecule has 0 aliphatic carbocycles. The Hall–Kier alpha value is -2.50. The number of fused-ring (bicyclic) bond motifs is 1. The fraction of sp³-hybridized carbons (Fsp3) is 0.167. The maximum Gasteiger partial charge on any atom is 0.280 e. The first-order valence-electron chi connectivity index (χ1n) is 5.56. The van der Waals surface area contributed by atoms with Crippen molar-refractivity contribution in [3.05, 3.63) is 52.1 Å². The highest BCUT2D eigenvalue weighted by molar-refractivity contribution is 5.67. The zero-order valence-corrected chi connectivity index (χ0v) is 9.79. The van der Waals surface area contributed by atoms with Crippen LogP contribution in [0.5, 0.6) is 0 Å². The first-order chi connectivity index (χ1) is 8.74. The number of aromatic amines is 1. The van der Waals surface area contributed by atoms with Crippen molar-refractivity contribution in [2.45, 2.75) is 13.5 Å². The van der Waals surface area contributed by atoms with Crippen LogP contribution in [0.4, 0.5) is 0 Å². The van der Waals surface area contributed by atoms with Gasteiger partial charge >= 0.3 is 0 Å². The summed E-state index contributed by atoms with van der Waals surface area (Å²) >= 11 is 0. The second kappa shape index (κ2) is 4.06. The number of benzene rings is 1. The molecule has 0 aliphatic heterocycles. The number of hydrogen-bond acceptors (Lipinski definition) is 4. The molecule has 0 atom stereocenters. The lowest BCUT2D eigenvalue weighted by molar-refractivity contribution is 0.663. The molecule has 90 valence electrons. The summed E-state index contributed by atoms with van der Waals surface area (Å²) in [6.45, 7) is 2.58. The van der Waals surface area contributed by atoms with Crippen molar-refractivity contribution >= 4 is 11.2 Å². The van der Waals surface area contributed by atoms with E-state index < -0.39 is 0 Å². The van der Waals surface area contributed by atoms with Gasteiger partial charge in [0.25, 0.3) is 5.56 Å². The van der Waals surface area contributed by atoms with Gasteiger partial charge in [0.2, 0.25) is 0 Å². The third-order valence-corrected chi connectivity index (χ3v) is 2.72. The lowest BCUT2D eigenvalue weighted by atomic mass is 10.1. The molecule has 0 bridgehead atoms. The first-order valence-corrected chi connectivity index (χ1v) is 5.56. The largest absolute Gasteiger partial charge is 0.311 e. The summed E-state index contributed by atoms with van der Waals surface area (Å²) in [5, 5.41) is 7.81. The van der Waals surface area contributed by atoms with Gasteiger partial charge in [0.1, 0.15) is 0 Å². The molecule has 0 unspecified atom stereocenters. The van der Waals surface area contributed by atoms with Gasteiger partial charge < -0.3 is 4.98 Å². The van der Waals surface area contributed by atoms with E-state index in [9.17, 15) is 4.79 Å². The maximum absolute atomic E-state index is 11.5. The van der Waals surface area contributed by atoms with Gasteiger partial charge in [-0.25, -0.2) is 9.67 Å². The average Bonchev–Trinajstić information content (AvgIpc) is 2.74. The number of nitrogens with one attached hydrogen (secondary N) is 1. The van der Waals surface area contributed by atoms with Crippen LogP contribution in [0.25, 0.3) is 11.2 Å². The summed E-state index contributed by atoms with van der Waals surface area (Å²) in [6.07, 6.45) is 1.36. The third-order valence-electron chi connectivity index (χ3n) is 2.72. The molecule has 3 rings (SSSR count). The predicted octanol–water partition coefficient (Wildman–Crippen LogP) is 0.871. The number of hydrogen-bond donors (Lipinski definition) is 1. The molecule has 0 aliphatic rings. The van der Waals surface area contributed by atoms with Crippen molar-refractivity contribution in [1.29, 1.82) is 0 Å². The van der Waals surface area contributed by atoms with E-state index in [0.717, 1.165) is 5.56 Å². The molecule has 0 saturated carbocycles. The smallest absolute Gasteiger partial charge is 0.280 e. The van der Waals surface area contributed by atoms with E-state index in [1.165, 1.54) is 11.9 Å². The van der Waals surface area contributed by atoms with Gasteiger partial charge in [-0.1, -0.05) is 35.0 Å². The van der Waals surface area contributed by atoms with Gasteiger partial charge in [-0.05, 0) is 12.5 Å². The molecule has 0 amide bonds. The molecule has 0 saturated heterocycles. The van der Waals surface area contributed by atoms with Crippen LogP contribution < -0.4 is 5.56 Å². The van der Waals surface area contributed by atoms with Crippen LogP contribution >= 0.6 is 0 Å². The second-order valence-electron chi connectivity index (χ2n) is 4.14. The van der Waals surface area contributed by atoms with Crippen LogP contribution in [0.3, 0.4) is 0 Å². The molecule has 6 nitrogen and oxygen atoms in total. The highest BCUT2D eigenvalue weighted by Gasteiger charge is 2.08. The van der Waals surface area contributed by atoms with Gasteiger partial charge in [0, 0.05) is 0 Å². The Balaban J connectivity index is 2.06. The molecule has 3 aromatic rings. The fourth-order valence-corrected chi connectivity index (χ4v) is 1.89. The Morgan fingerprint density at radius 1 is 1.39 bits per heavy atom. The summed E-state index contributed by atoms with van der Waals surface area (Å²) in [5.41, 5.74) is 2.78. The van der Waals surface area contributed by atoms with Crippen LogP contribution in [0.2, 0.25) is 0 Å². The van der Waals surface area contributed by atoms with Crippen LogP contribution in [0, 0.1) is 6.92 Å². The minimum Gasteiger partial charge on any atom is -0.311 e. The zero-order valence-electron chi connectivity index (χ0n) is 9.79. The number of aryl methyl sites for hydroxylation is 1. The molecule has 1 N–H and O–H groups in total. The SMILES string of the molecule is Cc1cccc(Cn2nnc3c(=O)[nH]cnc32)c1. The Morgan fingerprint density at radius 3 is 3.11 bits per heavy atom. The zero-order chi connectivity index (χ0) is 12.5. The summed E-state index contributed by atoms with van der Waals surface area (Å²) in [7, 11) is 0. The topological polar surface area (TPSA) is 76.5 Å². The van der Waals surface area contributed by atoms with E-state index in [1.54, 1.807) is 4.68 Å². The van der Waals surface area contributed by atoms with Crippen LogP contribution in [-0.4, -0.2) is 25.0 Å². The number of aromatic nitrogens is 5. The van der Waals surface area contributed by atoms with E-state index in [1.807, 2.05) is 25.1 Å². The second-order valence-corrected chi connectivity index (χ2v) is 4.14. The molecule has 0 fully saturated rings. The van der Waals surface area contributed by atoms with Crippen molar-refractivity contribution < 1.29 is 0 Å². The van der Waals surface area contributed by atoms with E-state index in [4.69, 9.17) is 0 Å². The number of rotatable bonds is 2. The van der Waals surface area contributed by atoms with E-state index in [2.05, 4.69) is 26.3 Å². The monoisotopic (exact) mass is 241 g/mol. The summed E-state index contributed by atoms with van der Waals surface area (Å²) in [5.74, 6) is 0. The summed E-state index contributed by atoms with van der Waals surface area (Å²) in [4.78, 5) is 18.1. The fourth-order valence-electron chi connectivity index (χ4n) is 1.89. The normalized spacial score (nSPS) is 10.9. The standard InChI is InChI=1S/C12H11N5O/c1-8-3-2-4-9(5-8)6-17-11-10(15-16-17)12(18)14-7-13-11/h2-5,7H,6H2,1H3,(H,13,14,18). The third kappa shape index (κ3) is 1.77. The van der Waals surface area contributed by atoms with Crippen LogP contribution in [0.1, 0.15) is 11.1 Å². The van der Waals surface area contributed by atoms with Crippen molar-refractivity contribution in [2.24, 2.45) is 0 Å². The minimum atomic E-state index is -0.268. The van der Waals surface area contributed by atoms with E-state index >= 15 is 0 Å². The van der Waals surface area contributed by atoms with Crippen LogP contribution in [-0.2, 0) is 6.54 Å². The molecule has 2 heterocycles. The molecule has 2 aromatic heterocycles. The van der Waals surface area contributed by atoms with Crippen molar-refractivity contribution in [1.82, 2.24) is 25.0 Å². The Morgan fingerprint density at radius 2 is 2.28 bits per heavy atom. The summed E-state index contributed by atoms with van der Waals surface area (Å²) in [6, 6.07) is 8.10. The average molecular weight is 241 g/mol. The van der Waals surface area contributed by atoms with Gasteiger partial charge in [-0.3, -0.25) is 4.79 Å². The van der Waals surface area contributed by atoms with Gasteiger partial charge in [-0.2, -0.15) is 0 Å². The summed E-state index contributed by atoms with van der Waals surface area (Å²) < 4.78 is 1.62. The molecule has 0 radical (unpaired) electrons. The van der Waals surface area contributed by atoms with E-state index in [-0.39, 0.29) is 11.1 Å².